The van der Waals surface area contributed by atoms with Crippen LogP contribution in [0.5, 0.6) is 0 Å². The van der Waals surface area contributed by atoms with Crippen LogP contribution >= 0.6 is 15.9 Å². The predicted octanol–water partition coefficient (Wildman–Crippen LogP) is 5.51. The van der Waals surface area contributed by atoms with Gasteiger partial charge in [-0.3, -0.25) is 23.4 Å². The molecule has 0 bridgehead atoms. The summed E-state index contributed by atoms with van der Waals surface area (Å²) >= 11 is 3.51. The van der Waals surface area contributed by atoms with Crippen molar-refractivity contribution in [1.82, 2.24) is 39.1 Å². The number of hydrogen-bond acceptors (Lipinski definition) is 6. The molecule has 3 aromatic carbocycles. The third-order valence-corrected chi connectivity index (χ3v) is 9.75. The Bertz CT molecular complexity index is 2260. The maximum Gasteiger partial charge on any atom is 0.333 e. The number of carbonyl (C=O) groups excluding carboxylic acids is 2. The SMILES string of the molecule is CCn1cc2cc(-n3c(C(=O)NCc4ccccc4-c4ccncn4)c4n(c3=O)C[C@@H](C)N(C(=O)c3ccc(Br)c(C)c3)C4)ccc2n1. The second-order valence-electron chi connectivity index (χ2n) is 11.9. The zero-order valence-electron chi connectivity index (χ0n) is 26.7. The molecule has 1 aliphatic heterocycles. The Morgan fingerprint density at radius 1 is 1.06 bits per heavy atom. The zero-order valence-corrected chi connectivity index (χ0v) is 28.3. The van der Waals surface area contributed by atoms with Crippen LogP contribution in [0, 0.1) is 6.92 Å². The zero-order chi connectivity index (χ0) is 33.5. The molecule has 0 spiro atoms. The van der Waals surface area contributed by atoms with Gasteiger partial charge >= 0.3 is 5.69 Å². The summed E-state index contributed by atoms with van der Waals surface area (Å²) in [5.41, 5.74) is 5.62. The van der Waals surface area contributed by atoms with Gasteiger partial charge in [0.1, 0.15) is 12.0 Å². The molecule has 0 saturated heterocycles. The van der Waals surface area contributed by atoms with Gasteiger partial charge in [0.25, 0.3) is 11.8 Å². The highest BCUT2D eigenvalue weighted by molar-refractivity contribution is 9.10. The number of halogens is 1. The Morgan fingerprint density at radius 2 is 1.90 bits per heavy atom. The number of carbonyl (C=O) groups is 2. The molecule has 3 aromatic heterocycles. The Labute approximate surface area is 285 Å². The summed E-state index contributed by atoms with van der Waals surface area (Å²) in [7, 11) is 0. The number of aryl methyl sites for hydroxylation is 2. The molecule has 1 atom stereocenters. The second kappa shape index (κ2) is 12.7. The first-order valence-corrected chi connectivity index (χ1v) is 16.5. The van der Waals surface area contributed by atoms with Gasteiger partial charge in [0.2, 0.25) is 0 Å². The van der Waals surface area contributed by atoms with Crippen LogP contribution in [0.4, 0.5) is 0 Å². The van der Waals surface area contributed by atoms with Gasteiger partial charge in [0.05, 0.1) is 29.1 Å². The van der Waals surface area contributed by atoms with E-state index in [1.54, 1.807) is 27.8 Å². The minimum Gasteiger partial charge on any atom is -0.347 e. The van der Waals surface area contributed by atoms with E-state index >= 15 is 0 Å². The number of hydrogen-bond donors (Lipinski definition) is 1. The lowest BCUT2D eigenvalue weighted by molar-refractivity contribution is 0.0610. The number of nitrogens with zero attached hydrogens (tertiary/aromatic N) is 7. The monoisotopic (exact) mass is 704 g/mol. The van der Waals surface area contributed by atoms with Gasteiger partial charge in [0.15, 0.2) is 0 Å². The van der Waals surface area contributed by atoms with E-state index in [-0.39, 0.29) is 43.0 Å². The van der Waals surface area contributed by atoms with E-state index in [2.05, 4.69) is 36.3 Å². The normalized spacial score (nSPS) is 14.2. The molecule has 1 aliphatic rings. The van der Waals surface area contributed by atoms with Gasteiger partial charge in [0, 0.05) is 59.1 Å². The molecular weight excluding hydrogens is 672 g/mol. The van der Waals surface area contributed by atoms with Crippen LogP contribution in [0.3, 0.4) is 0 Å². The maximum absolute atomic E-state index is 14.3. The van der Waals surface area contributed by atoms with Gasteiger partial charge in [-0.2, -0.15) is 5.10 Å². The predicted molar refractivity (Wildman–Crippen MR) is 186 cm³/mol. The lowest BCUT2D eigenvalue weighted by Gasteiger charge is -2.34. The molecule has 0 unspecified atom stereocenters. The van der Waals surface area contributed by atoms with Gasteiger partial charge < -0.3 is 10.2 Å². The largest absolute Gasteiger partial charge is 0.347 e. The Kier molecular flexibility index (Phi) is 8.26. The molecule has 7 rings (SSSR count). The number of imidazole rings is 1. The summed E-state index contributed by atoms with van der Waals surface area (Å²) in [5, 5.41) is 8.50. The summed E-state index contributed by atoms with van der Waals surface area (Å²) in [4.78, 5) is 52.6. The number of fused-ring (bicyclic) bond motifs is 2. The Morgan fingerprint density at radius 3 is 2.67 bits per heavy atom. The minimum absolute atomic E-state index is 0.0909. The summed E-state index contributed by atoms with van der Waals surface area (Å²) in [5.74, 6) is -0.591. The van der Waals surface area contributed by atoms with E-state index in [1.807, 2.05) is 86.2 Å². The van der Waals surface area contributed by atoms with E-state index in [0.717, 1.165) is 37.8 Å². The first-order valence-electron chi connectivity index (χ1n) is 15.7. The molecule has 2 amide bonds. The molecule has 48 heavy (non-hydrogen) atoms. The van der Waals surface area contributed by atoms with Gasteiger partial charge in [-0.05, 0) is 74.4 Å². The van der Waals surface area contributed by atoms with Gasteiger partial charge in [-0.15, -0.1) is 0 Å². The highest BCUT2D eigenvalue weighted by atomic mass is 79.9. The highest BCUT2D eigenvalue weighted by Gasteiger charge is 2.35. The lowest BCUT2D eigenvalue weighted by atomic mass is 10.0. The average molecular weight is 706 g/mol. The average Bonchev–Trinajstić information content (AvgIpc) is 3.65. The van der Waals surface area contributed by atoms with Crippen molar-refractivity contribution in [3.05, 3.63) is 128 Å². The van der Waals surface area contributed by atoms with E-state index in [1.165, 1.54) is 10.9 Å². The Hall–Kier alpha value is -5.36. The van der Waals surface area contributed by atoms with Crippen molar-refractivity contribution in [1.29, 1.82) is 0 Å². The van der Waals surface area contributed by atoms with Crippen molar-refractivity contribution in [2.45, 2.75) is 53.0 Å². The summed E-state index contributed by atoms with van der Waals surface area (Å²) < 4.78 is 5.84. The van der Waals surface area contributed by atoms with Gasteiger partial charge in [-0.1, -0.05) is 40.2 Å². The molecule has 242 valence electrons. The van der Waals surface area contributed by atoms with Crippen LogP contribution in [0.25, 0.3) is 27.8 Å². The lowest BCUT2D eigenvalue weighted by Crippen LogP contribution is -2.47. The fourth-order valence-corrected chi connectivity index (χ4v) is 6.55. The number of nitrogens with one attached hydrogen (secondary N) is 1. The minimum atomic E-state index is -0.427. The molecule has 11 nitrogen and oxygen atoms in total. The second-order valence-corrected chi connectivity index (χ2v) is 12.8. The van der Waals surface area contributed by atoms with E-state index in [9.17, 15) is 14.4 Å². The number of amides is 2. The van der Waals surface area contributed by atoms with Crippen molar-refractivity contribution in [2.75, 3.05) is 0 Å². The third-order valence-electron chi connectivity index (χ3n) is 8.86. The topological polar surface area (TPSA) is 120 Å². The molecule has 4 heterocycles. The van der Waals surface area contributed by atoms with E-state index in [0.29, 0.717) is 23.5 Å². The first-order chi connectivity index (χ1) is 23.2. The summed E-state index contributed by atoms with van der Waals surface area (Å²) in [6.07, 6.45) is 5.09. The number of benzene rings is 3. The highest BCUT2D eigenvalue weighted by Crippen LogP contribution is 2.27. The maximum atomic E-state index is 14.3. The molecule has 0 fully saturated rings. The summed E-state index contributed by atoms with van der Waals surface area (Å²) in [6.45, 7) is 7.10. The van der Waals surface area contributed by atoms with Crippen molar-refractivity contribution in [3.63, 3.8) is 0 Å². The number of aromatic nitrogens is 6. The summed E-state index contributed by atoms with van der Waals surface area (Å²) in [6, 6.07) is 20.3. The molecule has 0 aliphatic carbocycles. The van der Waals surface area contributed by atoms with Crippen molar-refractivity contribution in [3.8, 4) is 16.9 Å². The van der Waals surface area contributed by atoms with Crippen molar-refractivity contribution in [2.24, 2.45) is 0 Å². The van der Waals surface area contributed by atoms with Crippen LogP contribution in [-0.2, 0) is 26.2 Å². The smallest absolute Gasteiger partial charge is 0.333 e. The van der Waals surface area contributed by atoms with Crippen LogP contribution in [0.15, 0.2) is 94.7 Å². The molecule has 0 saturated carbocycles. The van der Waals surface area contributed by atoms with E-state index < -0.39 is 5.91 Å². The van der Waals surface area contributed by atoms with E-state index in [4.69, 9.17) is 0 Å². The fraction of sp³-hybridized carbons (Fsp3) is 0.222. The van der Waals surface area contributed by atoms with Crippen molar-refractivity contribution >= 4 is 38.6 Å². The van der Waals surface area contributed by atoms with Crippen molar-refractivity contribution < 1.29 is 9.59 Å². The van der Waals surface area contributed by atoms with Crippen LogP contribution in [0.2, 0.25) is 0 Å². The molecular formula is C36H33BrN8O3. The fourth-order valence-electron chi connectivity index (χ4n) is 6.30. The standard InChI is InChI=1S/C36H33BrN8O3/c1-4-42-19-26-16-27(10-12-30(26)41-42)45-33(34(46)39-17-25-7-5-6-8-28(25)31-13-14-38-21-40-31)32-20-43(23(3)18-44(32)36(45)48)35(47)24-9-11-29(37)22(2)15-24/h5-16,19,21,23H,4,17-18,20H2,1-3H3,(H,39,46)/t23-/m1/s1. The molecule has 12 heteroatoms. The first kappa shape index (κ1) is 31.3. The molecule has 1 N–H and O–H groups in total. The third kappa shape index (κ3) is 5.62. The molecule has 0 radical (unpaired) electrons. The van der Waals surface area contributed by atoms with Crippen LogP contribution < -0.4 is 11.0 Å². The van der Waals surface area contributed by atoms with Crippen LogP contribution in [0.1, 0.15) is 51.5 Å². The Balaban J connectivity index is 1.30. The van der Waals surface area contributed by atoms with Gasteiger partial charge in [-0.25, -0.2) is 14.8 Å². The molecule has 6 aromatic rings. The number of rotatable bonds is 7. The van der Waals surface area contributed by atoms with Crippen LogP contribution in [-0.4, -0.2) is 51.6 Å². The quantitative estimate of drug-likeness (QED) is 0.234.